The Morgan fingerprint density at radius 3 is 3.20 bits per heavy atom. The van der Waals surface area contributed by atoms with Crippen LogP contribution >= 0.6 is 12.2 Å². The van der Waals surface area contributed by atoms with Gasteiger partial charge in [-0.25, -0.2) is 0 Å². The predicted molar refractivity (Wildman–Crippen MR) is 78.6 cm³/mol. The molecule has 0 spiro atoms. The van der Waals surface area contributed by atoms with E-state index < -0.39 is 6.04 Å². The average molecular weight is 295 g/mol. The molecule has 1 aliphatic rings. The average Bonchev–Trinajstić information content (AvgIpc) is 2.47. The van der Waals surface area contributed by atoms with E-state index in [9.17, 15) is 4.79 Å². The number of thiocarbonyl (C=S) groups is 1. The second kappa shape index (κ2) is 6.58. The summed E-state index contributed by atoms with van der Waals surface area (Å²) in [6, 6.07) is 1.25. The standard InChI is InChI=1S/C12H17N5O2S/c1-2-14-12(18)9-7-19-6-5-17(9)11-8(10(13)20)3-4-15-16-11/h3-4,9H,2,5-7H2,1H3,(H2,13,20)(H,14,18). The summed E-state index contributed by atoms with van der Waals surface area (Å²) in [5, 5.41) is 10.7. The summed E-state index contributed by atoms with van der Waals surface area (Å²) >= 11 is 5.03. The number of hydrogen-bond acceptors (Lipinski definition) is 6. The van der Waals surface area contributed by atoms with Crippen molar-refractivity contribution in [3.05, 3.63) is 17.8 Å². The third-order valence-electron chi connectivity index (χ3n) is 3.02. The highest BCUT2D eigenvalue weighted by atomic mass is 32.1. The molecule has 0 saturated carbocycles. The van der Waals surface area contributed by atoms with Gasteiger partial charge in [-0.1, -0.05) is 12.2 Å². The zero-order valence-electron chi connectivity index (χ0n) is 11.2. The van der Waals surface area contributed by atoms with Gasteiger partial charge in [-0.3, -0.25) is 4.79 Å². The molecule has 2 heterocycles. The van der Waals surface area contributed by atoms with Crippen LogP contribution in [0, 0.1) is 0 Å². The van der Waals surface area contributed by atoms with Gasteiger partial charge in [0.2, 0.25) is 5.91 Å². The summed E-state index contributed by atoms with van der Waals surface area (Å²) in [5.74, 6) is 0.422. The maximum absolute atomic E-state index is 12.1. The number of carbonyl (C=O) groups is 1. The van der Waals surface area contributed by atoms with Gasteiger partial charge in [0, 0.05) is 13.1 Å². The van der Waals surface area contributed by atoms with Crippen LogP contribution in [0.3, 0.4) is 0 Å². The lowest BCUT2D eigenvalue weighted by molar-refractivity contribution is -0.124. The Balaban J connectivity index is 2.33. The molecule has 20 heavy (non-hydrogen) atoms. The van der Waals surface area contributed by atoms with Crippen LogP contribution < -0.4 is 16.0 Å². The fourth-order valence-electron chi connectivity index (χ4n) is 2.10. The summed E-state index contributed by atoms with van der Waals surface area (Å²) in [6.45, 7) is 3.79. The molecule has 1 aliphatic heterocycles. The Hall–Kier alpha value is -1.80. The lowest BCUT2D eigenvalue weighted by Crippen LogP contribution is -2.54. The molecule has 1 saturated heterocycles. The van der Waals surface area contributed by atoms with Crippen molar-refractivity contribution in [1.82, 2.24) is 15.5 Å². The summed E-state index contributed by atoms with van der Waals surface area (Å²) in [5.41, 5.74) is 6.32. The molecule has 0 aromatic carbocycles. The molecular weight excluding hydrogens is 278 g/mol. The molecule has 2 rings (SSSR count). The van der Waals surface area contributed by atoms with Gasteiger partial charge in [-0.05, 0) is 13.0 Å². The van der Waals surface area contributed by atoms with Crippen LogP contribution in [-0.4, -0.2) is 53.4 Å². The van der Waals surface area contributed by atoms with Gasteiger partial charge in [0.25, 0.3) is 0 Å². The molecule has 108 valence electrons. The van der Waals surface area contributed by atoms with Crippen molar-refractivity contribution < 1.29 is 9.53 Å². The first-order valence-electron chi connectivity index (χ1n) is 6.38. The molecule has 1 aromatic rings. The molecule has 7 nitrogen and oxygen atoms in total. The van der Waals surface area contributed by atoms with Crippen molar-refractivity contribution in [2.45, 2.75) is 13.0 Å². The monoisotopic (exact) mass is 295 g/mol. The Labute approximate surface area is 122 Å². The number of amides is 1. The Morgan fingerprint density at radius 2 is 2.50 bits per heavy atom. The van der Waals surface area contributed by atoms with Crippen LogP contribution in [0.2, 0.25) is 0 Å². The summed E-state index contributed by atoms with van der Waals surface area (Å²) in [7, 11) is 0. The normalized spacial score (nSPS) is 18.6. The van der Waals surface area contributed by atoms with Crippen molar-refractivity contribution >= 4 is 28.9 Å². The van der Waals surface area contributed by atoms with Gasteiger partial charge in [-0.15, -0.1) is 5.10 Å². The van der Waals surface area contributed by atoms with E-state index in [1.807, 2.05) is 11.8 Å². The molecule has 3 N–H and O–H groups in total. The number of anilines is 1. The molecule has 8 heteroatoms. The maximum atomic E-state index is 12.1. The van der Waals surface area contributed by atoms with Crippen LogP contribution in [-0.2, 0) is 9.53 Å². The summed E-state index contributed by atoms with van der Waals surface area (Å²) in [4.78, 5) is 14.2. The molecule has 0 bridgehead atoms. The van der Waals surface area contributed by atoms with Crippen molar-refractivity contribution in [2.24, 2.45) is 5.73 Å². The van der Waals surface area contributed by atoms with Crippen LogP contribution in [0.25, 0.3) is 0 Å². The van der Waals surface area contributed by atoms with E-state index in [0.29, 0.717) is 37.7 Å². The van der Waals surface area contributed by atoms with Gasteiger partial charge in [0.1, 0.15) is 11.0 Å². The van der Waals surface area contributed by atoms with Crippen molar-refractivity contribution in [2.75, 3.05) is 31.2 Å². The number of nitrogens with zero attached hydrogens (tertiary/aromatic N) is 3. The third kappa shape index (κ3) is 3.02. The van der Waals surface area contributed by atoms with Gasteiger partial charge >= 0.3 is 0 Å². The highest BCUT2D eigenvalue weighted by Crippen LogP contribution is 2.21. The number of hydrogen-bond donors (Lipinski definition) is 2. The highest BCUT2D eigenvalue weighted by Gasteiger charge is 2.31. The lowest BCUT2D eigenvalue weighted by Gasteiger charge is -2.35. The first-order valence-corrected chi connectivity index (χ1v) is 6.79. The van der Waals surface area contributed by atoms with E-state index >= 15 is 0 Å². The van der Waals surface area contributed by atoms with Gasteiger partial charge in [0.15, 0.2) is 5.82 Å². The quantitative estimate of drug-likeness (QED) is 0.720. The van der Waals surface area contributed by atoms with Crippen molar-refractivity contribution in [1.29, 1.82) is 0 Å². The molecule has 1 fully saturated rings. The third-order valence-corrected chi connectivity index (χ3v) is 3.24. The van der Waals surface area contributed by atoms with E-state index in [0.717, 1.165) is 0 Å². The molecule has 0 radical (unpaired) electrons. The first kappa shape index (κ1) is 14.6. The Morgan fingerprint density at radius 1 is 1.70 bits per heavy atom. The number of rotatable bonds is 4. The van der Waals surface area contributed by atoms with Gasteiger partial charge in [-0.2, -0.15) is 5.10 Å². The van der Waals surface area contributed by atoms with E-state index in [4.69, 9.17) is 22.7 Å². The van der Waals surface area contributed by atoms with Crippen LogP contribution in [0.4, 0.5) is 5.82 Å². The fraction of sp³-hybridized carbons (Fsp3) is 0.500. The minimum absolute atomic E-state index is 0.105. The van der Waals surface area contributed by atoms with Crippen molar-refractivity contribution in [3.63, 3.8) is 0 Å². The number of morpholine rings is 1. The zero-order chi connectivity index (χ0) is 14.5. The van der Waals surface area contributed by atoms with Gasteiger partial charge in [0.05, 0.1) is 25.0 Å². The highest BCUT2D eigenvalue weighted by molar-refractivity contribution is 7.80. The van der Waals surface area contributed by atoms with Crippen molar-refractivity contribution in [3.8, 4) is 0 Å². The second-order valence-corrected chi connectivity index (χ2v) is 4.75. The van der Waals surface area contributed by atoms with E-state index in [2.05, 4.69) is 15.5 Å². The van der Waals surface area contributed by atoms with Crippen LogP contribution in [0.5, 0.6) is 0 Å². The maximum Gasteiger partial charge on any atom is 0.245 e. The number of likely N-dealkylation sites (N-methyl/N-ethyl adjacent to an activating group) is 1. The molecule has 1 amide bonds. The minimum atomic E-state index is -0.450. The molecule has 1 unspecified atom stereocenters. The molecule has 0 aliphatic carbocycles. The van der Waals surface area contributed by atoms with E-state index in [-0.39, 0.29) is 10.9 Å². The number of aromatic nitrogens is 2. The van der Waals surface area contributed by atoms with E-state index in [1.54, 1.807) is 6.07 Å². The predicted octanol–water partition coefficient (Wildman–Crippen LogP) is -0.548. The Kier molecular flexibility index (Phi) is 4.80. The van der Waals surface area contributed by atoms with E-state index in [1.165, 1.54) is 6.20 Å². The topological polar surface area (TPSA) is 93.4 Å². The minimum Gasteiger partial charge on any atom is -0.389 e. The second-order valence-electron chi connectivity index (χ2n) is 4.31. The molecular formula is C12H17N5O2S. The molecule has 1 atom stereocenters. The summed E-state index contributed by atoms with van der Waals surface area (Å²) in [6.07, 6.45) is 1.53. The Bertz CT molecular complexity index is 510. The molecule has 1 aromatic heterocycles. The smallest absolute Gasteiger partial charge is 0.245 e. The van der Waals surface area contributed by atoms with Crippen LogP contribution in [0.15, 0.2) is 12.3 Å². The largest absolute Gasteiger partial charge is 0.389 e. The van der Waals surface area contributed by atoms with Crippen LogP contribution in [0.1, 0.15) is 12.5 Å². The number of nitrogens with two attached hydrogens (primary N) is 1. The zero-order valence-corrected chi connectivity index (χ0v) is 12.0. The SMILES string of the molecule is CCNC(=O)C1COCCN1c1nnccc1C(N)=S. The lowest BCUT2D eigenvalue weighted by atomic mass is 10.1. The fourth-order valence-corrected chi connectivity index (χ4v) is 2.25. The summed E-state index contributed by atoms with van der Waals surface area (Å²) < 4.78 is 5.39. The number of carbonyl (C=O) groups excluding carboxylic acids is 1. The van der Waals surface area contributed by atoms with Gasteiger partial charge < -0.3 is 20.7 Å². The number of ether oxygens (including phenoxy) is 1. The first-order chi connectivity index (χ1) is 9.65. The number of nitrogens with one attached hydrogen (secondary N) is 1.